The summed E-state index contributed by atoms with van der Waals surface area (Å²) in [6.07, 6.45) is -1.35. The van der Waals surface area contributed by atoms with Crippen molar-refractivity contribution in [3.8, 4) is 0 Å². The molecule has 0 radical (unpaired) electrons. The molecule has 2 atom stereocenters. The summed E-state index contributed by atoms with van der Waals surface area (Å²) in [7, 11) is 1.26. The van der Waals surface area contributed by atoms with E-state index in [2.05, 4.69) is 21.3 Å². The molecule has 0 bridgehead atoms. The minimum absolute atomic E-state index is 0.632. The van der Waals surface area contributed by atoms with Gasteiger partial charge in [-0.15, -0.1) is 0 Å². The second kappa shape index (κ2) is 10.6. The molecule has 0 rings (SSSR count). The van der Waals surface area contributed by atoms with Gasteiger partial charge in [0.2, 0.25) is 23.6 Å². The Balaban J connectivity index is 4.69. The molecule has 25 heavy (non-hydrogen) atoms. The Morgan fingerprint density at radius 3 is 1.72 bits per heavy atom. The number of amides is 4. The van der Waals surface area contributed by atoms with Crippen molar-refractivity contribution < 1.29 is 39.0 Å². The number of carbonyl (C=O) groups excluding carboxylic acids is 4. The first kappa shape index (κ1) is 21.8. The first-order valence-corrected chi connectivity index (χ1v) is 7.06. The summed E-state index contributed by atoms with van der Waals surface area (Å²) >= 11 is 0. The van der Waals surface area contributed by atoms with E-state index in [0.717, 1.165) is 6.92 Å². The largest absolute Gasteiger partial charge is 0.481 e. The van der Waals surface area contributed by atoms with Crippen LogP contribution in [0.5, 0.6) is 0 Å². The zero-order valence-corrected chi connectivity index (χ0v) is 13.6. The Kier molecular flexibility index (Phi) is 9.22. The molecule has 0 aliphatic heterocycles. The van der Waals surface area contributed by atoms with Gasteiger partial charge in [-0.3, -0.25) is 28.8 Å². The van der Waals surface area contributed by atoms with Crippen LogP contribution in [0, 0.1) is 0 Å². The van der Waals surface area contributed by atoms with Gasteiger partial charge < -0.3 is 31.5 Å². The Morgan fingerprint density at radius 1 is 0.840 bits per heavy atom. The van der Waals surface area contributed by atoms with Gasteiger partial charge in [0.05, 0.1) is 19.4 Å². The third kappa shape index (κ3) is 9.53. The van der Waals surface area contributed by atoms with Gasteiger partial charge in [-0.1, -0.05) is 0 Å². The highest BCUT2D eigenvalue weighted by Crippen LogP contribution is 1.95. The fourth-order valence-corrected chi connectivity index (χ4v) is 1.72. The molecule has 0 aromatic carbocycles. The maximum absolute atomic E-state index is 11.8. The third-order valence-electron chi connectivity index (χ3n) is 2.77. The first-order valence-electron chi connectivity index (χ1n) is 7.06. The van der Waals surface area contributed by atoms with E-state index in [1.54, 1.807) is 0 Å². The number of likely N-dealkylation sites (N-methyl/N-ethyl adjacent to an activating group) is 1. The van der Waals surface area contributed by atoms with Crippen LogP contribution in [0.15, 0.2) is 0 Å². The second-order valence-corrected chi connectivity index (χ2v) is 4.90. The van der Waals surface area contributed by atoms with Crippen LogP contribution in [0.1, 0.15) is 19.8 Å². The molecule has 0 aromatic rings. The molecule has 140 valence electrons. The number of carboxylic acids is 2. The number of carbonyl (C=O) groups is 6. The molecule has 0 aliphatic carbocycles. The van der Waals surface area contributed by atoms with Crippen LogP contribution in [0.3, 0.4) is 0 Å². The molecule has 0 aromatic heterocycles. The van der Waals surface area contributed by atoms with Crippen LogP contribution in [0.25, 0.3) is 0 Å². The average molecular weight is 360 g/mol. The molecule has 0 heterocycles. The van der Waals surface area contributed by atoms with E-state index in [1.165, 1.54) is 7.05 Å². The van der Waals surface area contributed by atoms with E-state index in [-0.39, 0.29) is 0 Å². The van der Waals surface area contributed by atoms with Crippen molar-refractivity contribution in [3.63, 3.8) is 0 Å². The molecular weight excluding hydrogens is 340 g/mol. The molecular formula is C13H20N4O8. The smallest absolute Gasteiger partial charge is 0.305 e. The Labute approximate surface area is 142 Å². The van der Waals surface area contributed by atoms with Crippen molar-refractivity contribution in [2.75, 3.05) is 13.6 Å². The minimum atomic E-state index is -1.38. The lowest BCUT2D eigenvalue weighted by Crippen LogP contribution is -2.52. The van der Waals surface area contributed by atoms with Crippen LogP contribution < -0.4 is 21.3 Å². The van der Waals surface area contributed by atoms with Crippen molar-refractivity contribution >= 4 is 35.6 Å². The van der Waals surface area contributed by atoms with Crippen LogP contribution in [-0.2, 0) is 28.8 Å². The Bertz CT molecular complexity index is 546. The summed E-state index contributed by atoms with van der Waals surface area (Å²) in [6.45, 7) is 0.455. The number of nitrogens with one attached hydrogen (secondary N) is 4. The van der Waals surface area contributed by atoms with Crippen molar-refractivity contribution in [3.05, 3.63) is 0 Å². The van der Waals surface area contributed by atoms with Crippen LogP contribution in [-0.4, -0.2) is 71.5 Å². The monoisotopic (exact) mass is 360 g/mol. The van der Waals surface area contributed by atoms with Crippen molar-refractivity contribution in [2.24, 2.45) is 0 Å². The van der Waals surface area contributed by atoms with Gasteiger partial charge in [0.25, 0.3) is 0 Å². The van der Waals surface area contributed by atoms with Gasteiger partial charge in [0, 0.05) is 14.0 Å². The number of rotatable bonds is 10. The number of hydrogen-bond acceptors (Lipinski definition) is 6. The van der Waals surface area contributed by atoms with E-state index < -0.39 is 67.0 Å². The molecule has 0 saturated carbocycles. The lowest BCUT2D eigenvalue weighted by molar-refractivity contribution is -0.140. The van der Waals surface area contributed by atoms with Crippen LogP contribution in [0.4, 0.5) is 0 Å². The van der Waals surface area contributed by atoms with Crippen LogP contribution >= 0.6 is 0 Å². The van der Waals surface area contributed by atoms with E-state index >= 15 is 0 Å². The number of carboxylic acid groups (broad SMARTS) is 2. The summed E-state index contributed by atoms with van der Waals surface area (Å²) in [5.74, 6) is -5.79. The maximum Gasteiger partial charge on any atom is 0.305 e. The molecule has 0 fully saturated rings. The van der Waals surface area contributed by atoms with E-state index in [9.17, 15) is 28.8 Å². The predicted octanol–water partition coefficient (Wildman–Crippen LogP) is -3.21. The fourth-order valence-electron chi connectivity index (χ4n) is 1.72. The topological polar surface area (TPSA) is 191 Å². The summed E-state index contributed by atoms with van der Waals surface area (Å²) < 4.78 is 0. The summed E-state index contributed by atoms with van der Waals surface area (Å²) in [4.78, 5) is 67.4. The SMILES string of the molecule is CNC(=O)C(CC(=O)O)NC(=O)CNC(=O)C(CC(=O)O)NC(C)=O. The van der Waals surface area contributed by atoms with Gasteiger partial charge in [-0.25, -0.2) is 0 Å². The van der Waals surface area contributed by atoms with E-state index in [1.807, 2.05) is 0 Å². The lowest BCUT2D eigenvalue weighted by atomic mass is 10.2. The zero-order chi connectivity index (χ0) is 19.6. The molecule has 4 amide bonds. The normalized spacial score (nSPS) is 12.2. The molecule has 0 spiro atoms. The van der Waals surface area contributed by atoms with Crippen LogP contribution in [0.2, 0.25) is 0 Å². The lowest BCUT2D eigenvalue weighted by Gasteiger charge is -2.17. The average Bonchev–Trinajstić information content (AvgIpc) is 2.49. The molecule has 0 saturated heterocycles. The third-order valence-corrected chi connectivity index (χ3v) is 2.77. The maximum atomic E-state index is 11.8. The standard InChI is InChI=1S/C13H20N4O8/c1-6(18)16-8(4-11(22)23)13(25)15-5-9(19)17-7(3-10(20)21)12(24)14-2/h7-8H,3-5H2,1-2H3,(H,14,24)(H,15,25)(H,16,18)(H,17,19)(H,20,21)(H,22,23). The molecule has 12 nitrogen and oxygen atoms in total. The van der Waals surface area contributed by atoms with Gasteiger partial charge >= 0.3 is 11.9 Å². The highest BCUT2D eigenvalue weighted by atomic mass is 16.4. The zero-order valence-electron chi connectivity index (χ0n) is 13.6. The second-order valence-electron chi connectivity index (χ2n) is 4.90. The molecule has 12 heteroatoms. The van der Waals surface area contributed by atoms with Gasteiger partial charge in [-0.2, -0.15) is 0 Å². The summed E-state index contributed by atoms with van der Waals surface area (Å²) in [5.41, 5.74) is 0. The molecule has 0 aliphatic rings. The van der Waals surface area contributed by atoms with Gasteiger partial charge in [0.1, 0.15) is 12.1 Å². The van der Waals surface area contributed by atoms with Gasteiger partial charge in [0.15, 0.2) is 0 Å². The fraction of sp³-hybridized carbons (Fsp3) is 0.538. The quantitative estimate of drug-likeness (QED) is 0.234. The highest BCUT2D eigenvalue weighted by molar-refractivity contribution is 5.94. The van der Waals surface area contributed by atoms with E-state index in [0.29, 0.717) is 0 Å². The Morgan fingerprint density at radius 2 is 1.32 bits per heavy atom. The summed E-state index contributed by atoms with van der Waals surface area (Å²) in [6, 6.07) is -2.71. The number of hydrogen-bond donors (Lipinski definition) is 6. The minimum Gasteiger partial charge on any atom is -0.481 e. The first-order chi connectivity index (χ1) is 11.6. The van der Waals surface area contributed by atoms with Crippen molar-refractivity contribution in [2.45, 2.75) is 31.8 Å². The molecule has 6 N–H and O–H groups in total. The predicted molar refractivity (Wildman–Crippen MR) is 81.1 cm³/mol. The van der Waals surface area contributed by atoms with Crippen molar-refractivity contribution in [1.82, 2.24) is 21.3 Å². The van der Waals surface area contributed by atoms with Crippen molar-refractivity contribution in [1.29, 1.82) is 0 Å². The highest BCUT2D eigenvalue weighted by Gasteiger charge is 2.25. The van der Waals surface area contributed by atoms with E-state index in [4.69, 9.17) is 10.2 Å². The molecule has 2 unspecified atom stereocenters. The Hall–Kier alpha value is -3.18. The number of aliphatic carboxylic acids is 2. The van der Waals surface area contributed by atoms with Gasteiger partial charge in [-0.05, 0) is 0 Å². The summed E-state index contributed by atoms with van der Waals surface area (Å²) in [5, 5.41) is 25.9.